The molecular formula is C14H26N2. The zero-order chi connectivity index (χ0) is 11.5. The van der Waals surface area contributed by atoms with E-state index in [9.17, 15) is 0 Å². The standard InChI is InChI=1S/C14H26N2/c1-11-8-9-16(12(2)10-11)14(15)13-6-4-3-5-7-13/h11-13,15H,3-10H2,1-2H3. The number of amidine groups is 1. The van der Waals surface area contributed by atoms with E-state index < -0.39 is 0 Å². The molecule has 2 atom stereocenters. The Morgan fingerprint density at radius 1 is 1.06 bits per heavy atom. The molecule has 2 nitrogen and oxygen atoms in total. The molecule has 0 aromatic rings. The summed E-state index contributed by atoms with van der Waals surface area (Å²) < 4.78 is 0. The minimum Gasteiger partial charge on any atom is -0.358 e. The average molecular weight is 222 g/mol. The number of nitrogens with one attached hydrogen (secondary N) is 1. The van der Waals surface area contributed by atoms with E-state index in [0.717, 1.165) is 18.3 Å². The summed E-state index contributed by atoms with van der Waals surface area (Å²) in [5, 5.41) is 8.40. The molecule has 16 heavy (non-hydrogen) atoms. The van der Waals surface area contributed by atoms with Crippen molar-refractivity contribution in [2.45, 2.75) is 64.8 Å². The first kappa shape index (κ1) is 11.9. The van der Waals surface area contributed by atoms with E-state index in [1.165, 1.54) is 44.9 Å². The van der Waals surface area contributed by atoms with Crippen LogP contribution < -0.4 is 0 Å². The molecule has 92 valence electrons. The number of piperidine rings is 1. The van der Waals surface area contributed by atoms with Crippen molar-refractivity contribution >= 4 is 5.84 Å². The second-order valence-electron chi connectivity index (χ2n) is 5.89. The molecule has 1 N–H and O–H groups in total. The van der Waals surface area contributed by atoms with Gasteiger partial charge in [-0.1, -0.05) is 26.2 Å². The molecule has 0 radical (unpaired) electrons. The first-order valence-electron chi connectivity index (χ1n) is 7.03. The SMILES string of the molecule is CC1CCN(C(=N)C2CCCCC2)C(C)C1. The van der Waals surface area contributed by atoms with E-state index in [4.69, 9.17) is 5.41 Å². The molecule has 1 aliphatic carbocycles. The molecule has 1 heterocycles. The van der Waals surface area contributed by atoms with Crippen molar-refractivity contribution in [3.63, 3.8) is 0 Å². The van der Waals surface area contributed by atoms with Gasteiger partial charge in [-0.3, -0.25) is 5.41 Å². The van der Waals surface area contributed by atoms with Crippen molar-refractivity contribution < 1.29 is 0 Å². The van der Waals surface area contributed by atoms with Crippen molar-refractivity contribution in [3.05, 3.63) is 0 Å². The summed E-state index contributed by atoms with van der Waals surface area (Å²) in [6, 6.07) is 0.596. The Bertz CT molecular complexity index is 243. The zero-order valence-corrected chi connectivity index (χ0v) is 10.8. The van der Waals surface area contributed by atoms with Crippen LogP contribution in [0.15, 0.2) is 0 Å². The highest BCUT2D eigenvalue weighted by Gasteiger charge is 2.29. The van der Waals surface area contributed by atoms with E-state index in [0.29, 0.717) is 12.0 Å². The molecule has 0 aromatic carbocycles. The van der Waals surface area contributed by atoms with E-state index in [1.54, 1.807) is 0 Å². The maximum Gasteiger partial charge on any atom is 0.0991 e. The van der Waals surface area contributed by atoms with E-state index in [2.05, 4.69) is 18.7 Å². The number of hydrogen-bond donors (Lipinski definition) is 1. The Labute approximate surface area is 99.9 Å². The minimum absolute atomic E-state index is 0.574. The van der Waals surface area contributed by atoms with Gasteiger partial charge in [0.25, 0.3) is 0 Å². The molecule has 2 unspecified atom stereocenters. The smallest absolute Gasteiger partial charge is 0.0991 e. The van der Waals surface area contributed by atoms with Gasteiger partial charge in [0.1, 0.15) is 0 Å². The van der Waals surface area contributed by atoms with Gasteiger partial charge < -0.3 is 4.90 Å². The van der Waals surface area contributed by atoms with Gasteiger partial charge in [-0.05, 0) is 38.5 Å². The summed E-state index contributed by atoms with van der Waals surface area (Å²) in [7, 11) is 0. The van der Waals surface area contributed by atoms with Gasteiger partial charge >= 0.3 is 0 Å². The molecule has 1 saturated heterocycles. The molecule has 2 aliphatic rings. The quantitative estimate of drug-likeness (QED) is 0.532. The zero-order valence-electron chi connectivity index (χ0n) is 10.8. The monoisotopic (exact) mass is 222 g/mol. The topological polar surface area (TPSA) is 27.1 Å². The second-order valence-corrected chi connectivity index (χ2v) is 5.89. The van der Waals surface area contributed by atoms with Crippen LogP contribution in [0.2, 0.25) is 0 Å². The summed E-state index contributed by atoms with van der Waals surface area (Å²) in [4.78, 5) is 2.38. The fourth-order valence-electron chi connectivity index (χ4n) is 3.38. The van der Waals surface area contributed by atoms with Crippen LogP contribution in [-0.4, -0.2) is 23.3 Å². The van der Waals surface area contributed by atoms with Crippen molar-refractivity contribution in [2.24, 2.45) is 11.8 Å². The average Bonchev–Trinajstić information content (AvgIpc) is 2.29. The highest BCUT2D eigenvalue weighted by atomic mass is 15.2. The van der Waals surface area contributed by atoms with Gasteiger partial charge in [-0.2, -0.15) is 0 Å². The molecule has 2 fully saturated rings. The molecule has 2 rings (SSSR count). The predicted molar refractivity (Wildman–Crippen MR) is 68.9 cm³/mol. The third-order valence-corrected chi connectivity index (χ3v) is 4.44. The van der Waals surface area contributed by atoms with Gasteiger partial charge in [0, 0.05) is 18.5 Å². The Hall–Kier alpha value is -0.530. The van der Waals surface area contributed by atoms with Crippen LogP contribution in [0.5, 0.6) is 0 Å². The Morgan fingerprint density at radius 2 is 1.75 bits per heavy atom. The number of rotatable bonds is 1. The fraction of sp³-hybridized carbons (Fsp3) is 0.929. The Morgan fingerprint density at radius 3 is 2.38 bits per heavy atom. The fourth-order valence-corrected chi connectivity index (χ4v) is 3.38. The van der Waals surface area contributed by atoms with Crippen LogP contribution in [0, 0.1) is 17.2 Å². The third kappa shape index (κ3) is 2.58. The second kappa shape index (κ2) is 5.20. The van der Waals surface area contributed by atoms with E-state index in [-0.39, 0.29) is 0 Å². The van der Waals surface area contributed by atoms with Crippen molar-refractivity contribution in [1.29, 1.82) is 5.41 Å². The molecule has 0 bridgehead atoms. The first-order chi connectivity index (χ1) is 7.68. The van der Waals surface area contributed by atoms with Gasteiger partial charge in [0.05, 0.1) is 5.84 Å². The lowest BCUT2D eigenvalue weighted by atomic mass is 9.85. The van der Waals surface area contributed by atoms with Crippen LogP contribution >= 0.6 is 0 Å². The molecule has 1 aliphatic heterocycles. The maximum atomic E-state index is 8.40. The predicted octanol–water partition coefficient (Wildman–Crippen LogP) is 3.66. The van der Waals surface area contributed by atoms with Gasteiger partial charge in [-0.25, -0.2) is 0 Å². The third-order valence-electron chi connectivity index (χ3n) is 4.44. The van der Waals surface area contributed by atoms with Crippen molar-refractivity contribution in [3.8, 4) is 0 Å². The van der Waals surface area contributed by atoms with E-state index in [1.807, 2.05) is 0 Å². The van der Waals surface area contributed by atoms with Crippen molar-refractivity contribution in [2.75, 3.05) is 6.54 Å². The van der Waals surface area contributed by atoms with Crippen LogP contribution in [0.1, 0.15) is 58.8 Å². The van der Waals surface area contributed by atoms with Gasteiger partial charge in [0.2, 0.25) is 0 Å². The van der Waals surface area contributed by atoms with E-state index >= 15 is 0 Å². The lowest BCUT2D eigenvalue weighted by Gasteiger charge is -2.41. The summed E-state index contributed by atoms with van der Waals surface area (Å²) in [5.74, 6) is 2.38. The van der Waals surface area contributed by atoms with Crippen LogP contribution in [0.3, 0.4) is 0 Å². The maximum absolute atomic E-state index is 8.40. The van der Waals surface area contributed by atoms with Gasteiger partial charge in [0.15, 0.2) is 0 Å². The first-order valence-corrected chi connectivity index (χ1v) is 7.03. The largest absolute Gasteiger partial charge is 0.358 e. The molecule has 1 saturated carbocycles. The molecule has 0 amide bonds. The van der Waals surface area contributed by atoms with Crippen LogP contribution in [0.4, 0.5) is 0 Å². The van der Waals surface area contributed by atoms with Crippen LogP contribution in [-0.2, 0) is 0 Å². The molecule has 0 spiro atoms. The normalized spacial score (nSPS) is 32.8. The highest BCUT2D eigenvalue weighted by Crippen LogP contribution is 2.29. The molecule has 0 aromatic heterocycles. The summed E-state index contributed by atoms with van der Waals surface area (Å²) in [6.07, 6.45) is 9.14. The summed E-state index contributed by atoms with van der Waals surface area (Å²) in [5.41, 5.74) is 0. The lowest BCUT2D eigenvalue weighted by Crippen LogP contribution is -2.46. The minimum atomic E-state index is 0.574. The Kier molecular flexibility index (Phi) is 3.88. The highest BCUT2D eigenvalue weighted by molar-refractivity contribution is 5.82. The lowest BCUT2D eigenvalue weighted by molar-refractivity contribution is 0.195. The van der Waals surface area contributed by atoms with Crippen LogP contribution in [0.25, 0.3) is 0 Å². The number of nitrogens with zero attached hydrogens (tertiary/aromatic N) is 1. The summed E-state index contributed by atoms with van der Waals surface area (Å²) >= 11 is 0. The summed E-state index contributed by atoms with van der Waals surface area (Å²) in [6.45, 7) is 5.77. The van der Waals surface area contributed by atoms with Gasteiger partial charge in [-0.15, -0.1) is 0 Å². The molecule has 2 heteroatoms. The number of likely N-dealkylation sites (tertiary alicyclic amines) is 1. The number of hydrogen-bond acceptors (Lipinski definition) is 1. The molecular weight excluding hydrogens is 196 g/mol. The Balaban J connectivity index is 1.92. The van der Waals surface area contributed by atoms with Crippen molar-refractivity contribution in [1.82, 2.24) is 4.90 Å².